The lowest BCUT2D eigenvalue weighted by Gasteiger charge is -2.52. The van der Waals surface area contributed by atoms with Crippen molar-refractivity contribution in [2.75, 3.05) is 44.2 Å². The van der Waals surface area contributed by atoms with E-state index in [1.54, 1.807) is 17.0 Å². The Morgan fingerprint density at radius 1 is 0.917 bits per heavy atom. The number of fused-ring (bicyclic) bond motifs is 1. The molecule has 48 heavy (non-hydrogen) atoms. The number of carboxylic acids is 1. The highest BCUT2D eigenvalue weighted by Crippen LogP contribution is 2.55. The van der Waals surface area contributed by atoms with Gasteiger partial charge in [-0.3, -0.25) is 9.59 Å². The van der Waals surface area contributed by atoms with Gasteiger partial charge in [0.05, 0.1) is 35.1 Å². The van der Waals surface area contributed by atoms with Crippen LogP contribution in [0.4, 0.5) is 0 Å². The van der Waals surface area contributed by atoms with Gasteiger partial charge in [0.1, 0.15) is 0 Å². The summed E-state index contributed by atoms with van der Waals surface area (Å²) < 4.78 is 23.8. The van der Waals surface area contributed by atoms with Crippen molar-refractivity contribution in [1.29, 1.82) is 0 Å². The van der Waals surface area contributed by atoms with Crippen molar-refractivity contribution >= 4 is 33.2 Å². The number of allylic oxidation sites excluding steroid dienone is 2. The summed E-state index contributed by atoms with van der Waals surface area (Å²) >= 11 is 0. The van der Waals surface area contributed by atoms with Crippen LogP contribution in [-0.4, -0.2) is 103 Å². The Balaban J connectivity index is 1.18. The minimum atomic E-state index is -3.33. The number of carboxylic acid groups (broad SMARTS) is 1. The van der Waals surface area contributed by atoms with Crippen molar-refractivity contribution in [3.63, 3.8) is 0 Å². The monoisotopic (exact) mass is 675 g/mol. The van der Waals surface area contributed by atoms with E-state index < -0.39 is 33.4 Å². The molecule has 3 atom stereocenters. The van der Waals surface area contributed by atoms with E-state index in [0.717, 1.165) is 23.1 Å². The number of nitrogens with zero attached hydrogens (tertiary/aromatic N) is 2. The van der Waals surface area contributed by atoms with E-state index in [2.05, 4.69) is 38.2 Å². The number of benzene rings is 2. The molecule has 0 bridgehead atoms. The van der Waals surface area contributed by atoms with Crippen LogP contribution in [0.2, 0.25) is 0 Å². The molecule has 3 heterocycles. The van der Waals surface area contributed by atoms with Gasteiger partial charge in [-0.1, -0.05) is 81.0 Å². The molecule has 2 fully saturated rings. The summed E-state index contributed by atoms with van der Waals surface area (Å²) in [5.74, 6) is -1.55. The number of carbonyl (C=O) groups is 3. The van der Waals surface area contributed by atoms with Crippen molar-refractivity contribution < 1.29 is 33.0 Å². The molecule has 2 saturated heterocycles. The van der Waals surface area contributed by atoms with E-state index >= 15 is 0 Å². The largest absolute Gasteiger partial charge is 0.478 e. The van der Waals surface area contributed by atoms with Crippen molar-refractivity contribution in [2.24, 2.45) is 10.8 Å². The number of hydrogen-bond donors (Lipinski definition) is 3. The lowest BCUT2D eigenvalue weighted by Crippen LogP contribution is -2.58. The summed E-state index contributed by atoms with van der Waals surface area (Å²) in [4.78, 5) is 43.0. The summed E-state index contributed by atoms with van der Waals surface area (Å²) in [5.41, 5.74) is 3.23. The second-order valence-electron chi connectivity index (χ2n) is 14.7. The molecular formula is C37H45N3O7S. The molecule has 1 aliphatic carbocycles. The minimum absolute atomic E-state index is 0.0616. The third-order valence-corrected chi connectivity index (χ3v) is 12.8. The van der Waals surface area contributed by atoms with E-state index in [1.165, 1.54) is 5.57 Å². The topological polar surface area (TPSA) is 144 Å². The van der Waals surface area contributed by atoms with Gasteiger partial charge in [0.2, 0.25) is 11.8 Å². The molecule has 2 aromatic rings. The Hall–Kier alpha value is -3.80. The number of nitrogens with one attached hydrogen (secondary N) is 1. The Bertz CT molecular complexity index is 1760. The third kappa shape index (κ3) is 6.23. The van der Waals surface area contributed by atoms with Gasteiger partial charge in [-0.05, 0) is 48.1 Å². The molecule has 256 valence electrons. The van der Waals surface area contributed by atoms with Gasteiger partial charge in [-0.25, -0.2) is 13.2 Å². The van der Waals surface area contributed by atoms with Crippen LogP contribution in [0, 0.1) is 10.8 Å². The maximum Gasteiger partial charge on any atom is 0.335 e. The molecule has 3 aliphatic heterocycles. The van der Waals surface area contributed by atoms with Crippen LogP contribution in [0.5, 0.6) is 0 Å². The van der Waals surface area contributed by atoms with Gasteiger partial charge >= 0.3 is 5.97 Å². The van der Waals surface area contributed by atoms with Gasteiger partial charge < -0.3 is 25.3 Å². The standard InChI is InChI=1S/C37H45N3O7S/c1-35(2)28(25-9-11-26(12-10-25)33(43)44)13-15-36(3)24-40(18-14-31(35)36)34(45)37(27-7-5-4-6-8-27)16-19-39(20-17-37)32(42)21-38-29-22-48(46,47)23-30(29)41/h4-14,29-30,38,41H,15-24H2,1-3H3,(H,43,44)/t29?,30?,36-/m1/s1. The van der Waals surface area contributed by atoms with Gasteiger partial charge in [0, 0.05) is 43.1 Å². The molecule has 4 aliphatic rings. The molecule has 2 aromatic carbocycles. The maximum atomic E-state index is 14.7. The molecule has 6 rings (SSSR count). The zero-order valence-electron chi connectivity index (χ0n) is 27.8. The van der Waals surface area contributed by atoms with Crippen LogP contribution < -0.4 is 5.32 Å². The highest BCUT2D eigenvalue weighted by molar-refractivity contribution is 7.91. The zero-order valence-corrected chi connectivity index (χ0v) is 28.6. The quantitative estimate of drug-likeness (QED) is 0.380. The molecule has 11 heteroatoms. The fraction of sp³-hybridized carbons (Fsp3) is 0.486. The van der Waals surface area contributed by atoms with Crippen molar-refractivity contribution in [3.05, 3.63) is 89.0 Å². The number of likely N-dealkylation sites (tertiary alicyclic amines) is 1. The lowest BCUT2D eigenvalue weighted by atomic mass is 9.58. The lowest BCUT2D eigenvalue weighted by molar-refractivity contribution is -0.143. The predicted octanol–water partition coefficient (Wildman–Crippen LogP) is 3.28. The van der Waals surface area contributed by atoms with E-state index in [9.17, 15) is 33.0 Å². The number of amides is 2. The summed E-state index contributed by atoms with van der Waals surface area (Å²) in [6.07, 6.45) is 5.09. The zero-order chi connectivity index (χ0) is 34.5. The highest BCUT2D eigenvalue weighted by Gasteiger charge is 2.51. The number of sulfone groups is 1. The van der Waals surface area contributed by atoms with Crippen molar-refractivity contribution in [3.8, 4) is 0 Å². The molecule has 0 radical (unpaired) electrons. The Kier molecular flexibility index (Phi) is 8.93. The number of rotatable bonds is 7. The normalized spacial score (nSPS) is 27.4. The average Bonchev–Trinajstić information content (AvgIpc) is 3.33. The van der Waals surface area contributed by atoms with E-state index in [0.29, 0.717) is 39.0 Å². The number of piperidine rings is 1. The summed E-state index contributed by atoms with van der Waals surface area (Å²) in [5, 5.41) is 22.4. The van der Waals surface area contributed by atoms with Crippen LogP contribution in [0.1, 0.15) is 61.5 Å². The van der Waals surface area contributed by atoms with Crippen molar-refractivity contribution in [2.45, 2.75) is 57.6 Å². The molecule has 0 saturated carbocycles. The first-order valence-electron chi connectivity index (χ1n) is 16.7. The summed E-state index contributed by atoms with van der Waals surface area (Å²) in [6, 6.07) is 16.2. The van der Waals surface area contributed by atoms with E-state index in [1.807, 2.05) is 47.4 Å². The number of hydrogen-bond acceptors (Lipinski definition) is 7. The van der Waals surface area contributed by atoms with Crippen LogP contribution in [-0.2, 0) is 24.8 Å². The van der Waals surface area contributed by atoms with Gasteiger partial charge in [0.15, 0.2) is 9.84 Å². The van der Waals surface area contributed by atoms with E-state index in [-0.39, 0.29) is 46.3 Å². The number of aliphatic hydroxyl groups excluding tert-OH is 1. The van der Waals surface area contributed by atoms with Crippen LogP contribution >= 0.6 is 0 Å². The number of carbonyl (C=O) groups excluding carboxylic acids is 2. The molecule has 3 N–H and O–H groups in total. The van der Waals surface area contributed by atoms with Crippen LogP contribution in [0.25, 0.3) is 5.57 Å². The second-order valence-corrected chi connectivity index (χ2v) is 16.8. The molecule has 0 spiro atoms. The van der Waals surface area contributed by atoms with Gasteiger partial charge in [0.25, 0.3) is 0 Å². The third-order valence-electron chi connectivity index (χ3n) is 11.1. The molecule has 10 nitrogen and oxygen atoms in total. The Labute approximate surface area is 282 Å². The van der Waals surface area contributed by atoms with Crippen LogP contribution in [0.3, 0.4) is 0 Å². The molecular weight excluding hydrogens is 630 g/mol. The highest BCUT2D eigenvalue weighted by atomic mass is 32.2. The number of aliphatic hydroxyl groups is 1. The molecule has 2 unspecified atom stereocenters. The Morgan fingerprint density at radius 2 is 1.58 bits per heavy atom. The Morgan fingerprint density at radius 3 is 2.19 bits per heavy atom. The minimum Gasteiger partial charge on any atom is -0.478 e. The SMILES string of the molecule is CC1(C)C(c2ccc(C(=O)O)cc2)=CC[C@]2(C)CN(C(=O)C3(c4ccccc4)CCN(C(=O)CNC4CS(=O)(=O)CC4O)CC3)CC=C12. The molecule has 0 aromatic heterocycles. The molecule has 2 amide bonds. The first-order chi connectivity index (χ1) is 22.7. The first-order valence-corrected chi connectivity index (χ1v) is 18.5. The van der Waals surface area contributed by atoms with Gasteiger partial charge in [-0.2, -0.15) is 0 Å². The fourth-order valence-electron chi connectivity index (χ4n) is 8.53. The fourth-order valence-corrected chi connectivity index (χ4v) is 10.3. The van der Waals surface area contributed by atoms with E-state index in [4.69, 9.17) is 0 Å². The van der Waals surface area contributed by atoms with Crippen LogP contribution in [0.15, 0.2) is 72.3 Å². The summed E-state index contributed by atoms with van der Waals surface area (Å²) in [6.45, 7) is 8.36. The first kappa shape index (κ1) is 34.1. The second kappa shape index (κ2) is 12.6. The van der Waals surface area contributed by atoms with Gasteiger partial charge in [-0.15, -0.1) is 0 Å². The maximum absolute atomic E-state index is 14.7. The number of aromatic carboxylic acids is 1. The predicted molar refractivity (Wildman–Crippen MR) is 183 cm³/mol. The van der Waals surface area contributed by atoms with Crippen molar-refractivity contribution in [1.82, 2.24) is 15.1 Å². The average molecular weight is 676 g/mol. The smallest absolute Gasteiger partial charge is 0.335 e. The summed E-state index contributed by atoms with van der Waals surface area (Å²) in [7, 11) is -3.33.